The first-order valence-corrected chi connectivity index (χ1v) is 19.4. The quantitative estimate of drug-likeness (QED) is 0.353. The van der Waals surface area contributed by atoms with Gasteiger partial charge in [0, 0.05) is 36.3 Å². The number of nitrogens with zero attached hydrogens (tertiary/aromatic N) is 4. The number of ether oxygens (including phenoxy) is 2. The van der Waals surface area contributed by atoms with E-state index in [2.05, 4.69) is 9.80 Å². The highest BCUT2D eigenvalue weighted by atomic mass is 16.5. The zero-order valence-electron chi connectivity index (χ0n) is 28.5. The fourth-order valence-corrected chi connectivity index (χ4v) is 12.9. The summed E-state index contributed by atoms with van der Waals surface area (Å²) in [5.41, 5.74) is 2.56. The Bertz CT molecular complexity index is 1800. The van der Waals surface area contributed by atoms with Crippen LogP contribution in [0.1, 0.15) is 86.5 Å². The number of rotatable bonds is 5. The van der Waals surface area contributed by atoms with Crippen molar-refractivity contribution >= 4 is 11.4 Å². The fraction of sp³-hybridized carbons (Fsp3) is 0.650. The van der Waals surface area contributed by atoms with E-state index in [0.717, 1.165) is 86.2 Å². The van der Waals surface area contributed by atoms with Crippen LogP contribution in [0.15, 0.2) is 34.5 Å². The van der Waals surface area contributed by atoms with E-state index >= 15 is 0 Å². The van der Waals surface area contributed by atoms with Crippen molar-refractivity contribution in [3.05, 3.63) is 46.5 Å². The van der Waals surface area contributed by atoms with Crippen LogP contribution in [-0.2, 0) is 23.7 Å². The lowest BCUT2D eigenvalue weighted by molar-refractivity contribution is -0.167. The molecule has 10 heteroatoms. The minimum absolute atomic E-state index is 0.00576. The number of phenolic OH excluding ortho intramolecular Hbond substituents is 2. The third-order valence-corrected chi connectivity index (χ3v) is 15.5. The summed E-state index contributed by atoms with van der Waals surface area (Å²) in [5, 5.41) is 58.0. The Balaban J connectivity index is 0.947. The Morgan fingerprint density at radius 3 is 1.50 bits per heavy atom. The first-order valence-electron chi connectivity index (χ1n) is 19.4. The number of aliphatic hydroxyl groups is 2. The average molecular weight is 679 g/mol. The monoisotopic (exact) mass is 678 g/mol. The Morgan fingerprint density at radius 1 is 0.640 bits per heavy atom. The number of benzene rings is 2. The van der Waals surface area contributed by atoms with Crippen LogP contribution in [0.25, 0.3) is 0 Å². The third kappa shape index (κ3) is 3.37. The van der Waals surface area contributed by atoms with E-state index in [1.165, 1.54) is 36.8 Å². The summed E-state index contributed by atoms with van der Waals surface area (Å²) < 4.78 is 13.5. The van der Waals surface area contributed by atoms with Gasteiger partial charge in [-0.25, -0.2) is 0 Å². The van der Waals surface area contributed by atoms with Gasteiger partial charge in [-0.05, 0) is 125 Å². The minimum atomic E-state index is -0.987. The van der Waals surface area contributed by atoms with Crippen molar-refractivity contribution in [2.75, 3.05) is 26.2 Å². The van der Waals surface area contributed by atoms with E-state index in [1.807, 2.05) is 12.1 Å². The van der Waals surface area contributed by atoms with Gasteiger partial charge in [0.25, 0.3) is 0 Å². The van der Waals surface area contributed by atoms with Gasteiger partial charge >= 0.3 is 0 Å². The predicted octanol–water partition coefficient (Wildman–Crippen LogP) is 3.72. The molecule has 2 aromatic rings. The summed E-state index contributed by atoms with van der Waals surface area (Å²) in [6.07, 6.45) is 9.35. The van der Waals surface area contributed by atoms with E-state index in [-0.39, 0.29) is 23.6 Å². The van der Waals surface area contributed by atoms with Crippen molar-refractivity contribution in [2.24, 2.45) is 22.0 Å². The molecule has 50 heavy (non-hydrogen) atoms. The number of aromatic hydroxyl groups is 2. The highest BCUT2D eigenvalue weighted by Crippen LogP contribution is 2.67. The molecule has 4 bridgehead atoms. The molecule has 8 atom stereocenters. The van der Waals surface area contributed by atoms with Crippen molar-refractivity contribution in [1.29, 1.82) is 0 Å². The molecule has 6 aliphatic carbocycles. The van der Waals surface area contributed by atoms with Crippen molar-refractivity contribution in [1.82, 2.24) is 9.80 Å². The minimum Gasteiger partial charge on any atom is -0.504 e. The molecule has 2 spiro atoms. The molecule has 2 saturated heterocycles. The van der Waals surface area contributed by atoms with Crippen LogP contribution >= 0.6 is 0 Å². The smallest absolute Gasteiger partial charge is 0.166 e. The standard InChI is InChI=1S/C40H46N4O6/c45-27-7-5-23-17-29-39(47)11-9-25(35-37(39,31(23)33(27)49-35)13-15-43(29)19-21-1-2-21)41-42-26-10-12-40(48)30-18-24-6-8-28(46)34-32(24)38(40,36(26)50-34)14-16-44(30)20-22-3-4-22/h5-8,21-22,29-30,35-36,45-48H,1-4,9-20H2/t29-,30-,35-,36-,37+,38+,39+,40+/m1/s1. The van der Waals surface area contributed by atoms with Crippen LogP contribution < -0.4 is 9.47 Å². The number of phenols is 2. The SMILES string of the molecule is Oc1ccc2c3c1O[C@@H]1C(=NN=C4CC[C@]5(O)[C@H]6Cc7ccc(O)c8c7[C@@]5(CCN6CC5CC5)[C@@H]4O8)CC[C@]4(O)[C@@H](C2)N(CC2CC2)CC[C@]314. The van der Waals surface area contributed by atoms with Gasteiger partial charge in [0.15, 0.2) is 35.2 Å². The lowest BCUT2D eigenvalue weighted by Gasteiger charge is -2.63. The second-order valence-corrected chi connectivity index (χ2v) is 17.7. The van der Waals surface area contributed by atoms with Crippen molar-refractivity contribution in [2.45, 2.75) is 123 Å². The van der Waals surface area contributed by atoms with Crippen LogP contribution in [0, 0.1) is 11.8 Å². The van der Waals surface area contributed by atoms with Gasteiger partial charge in [-0.2, -0.15) is 10.2 Å². The van der Waals surface area contributed by atoms with Gasteiger partial charge in [0.1, 0.15) is 0 Å². The van der Waals surface area contributed by atoms with Crippen molar-refractivity contribution in [3.63, 3.8) is 0 Å². The summed E-state index contributed by atoms with van der Waals surface area (Å²) in [7, 11) is 0. The van der Waals surface area contributed by atoms with Crippen LogP contribution in [0.5, 0.6) is 23.0 Å². The largest absolute Gasteiger partial charge is 0.504 e. The number of hydrogen-bond acceptors (Lipinski definition) is 10. The van der Waals surface area contributed by atoms with E-state index in [0.29, 0.717) is 37.2 Å². The average Bonchev–Trinajstić information content (AvgIpc) is 4.03. The summed E-state index contributed by atoms with van der Waals surface area (Å²) in [6.45, 7) is 3.86. The Kier molecular flexibility index (Phi) is 5.54. The van der Waals surface area contributed by atoms with E-state index in [1.54, 1.807) is 12.1 Å². The molecule has 0 radical (unpaired) electrons. The topological polar surface area (TPSA) is 131 Å². The molecular formula is C40H46N4O6. The third-order valence-electron chi connectivity index (χ3n) is 15.5. The summed E-state index contributed by atoms with van der Waals surface area (Å²) in [6, 6.07) is 7.58. The molecule has 4 N–H and O–H groups in total. The summed E-state index contributed by atoms with van der Waals surface area (Å²) in [4.78, 5) is 5.09. The number of piperidine rings is 2. The maximum atomic E-state index is 12.9. The second-order valence-electron chi connectivity index (χ2n) is 17.7. The molecular weight excluding hydrogens is 632 g/mol. The Morgan fingerprint density at radius 2 is 1.08 bits per heavy atom. The van der Waals surface area contributed by atoms with Crippen molar-refractivity contribution < 1.29 is 29.9 Å². The normalized spacial score (nSPS) is 43.4. The Labute approximate surface area is 291 Å². The highest BCUT2D eigenvalue weighted by Gasteiger charge is 2.74. The first kappa shape index (κ1) is 29.4. The van der Waals surface area contributed by atoms with Gasteiger partial charge < -0.3 is 29.9 Å². The van der Waals surface area contributed by atoms with Gasteiger partial charge in [-0.3, -0.25) is 9.80 Å². The van der Waals surface area contributed by atoms with E-state index < -0.39 is 34.2 Å². The second kappa shape index (κ2) is 9.43. The molecule has 10 nitrogen and oxygen atoms in total. The summed E-state index contributed by atoms with van der Waals surface area (Å²) >= 11 is 0. The number of hydrogen-bond donors (Lipinski definition) is 4. The molecule has 6 fully saturated rings. The fourth-order valence-electron chi connectivity index (χ4n) is 12.9. The lowest BCUT2D eigenvalue weighted by atomic mass is 9.48. The molecule has 4 aliphatic heterocycles. The molecule has 4 saturated carbocycles. The predicted molar refractivity (Wildman–Crippen MR) is 184 cm³/mol. The van der Waals surface area contributed by atoms with Crippen LogP contribution in [0.3, 0.4) is 0 Å². The van der Waals surface area contributed by atoms with Crippen LogP contribution in [-0.4, -0.2) is 103 Å². The molecule has 0 unspecified atom stereocenters. The molecule has 2 aromatic carbocycles. The lowest BCUT2D eigenvalue weighted by Crippen LogP contribution is -2.76. The molecule has 0 amide bonds. The van der Waals surface area contributed by atoms with Crippen LogP contribution in [0.2, 0.25) is 0 Å². The van der Waals surface area contributed by atoms with E-state index in [9.17, 15) is 20.4 Å². The zero-order chi connectivity index (χ0) is 33.4. The van der Waals surface area contributed by atoms with Gasteiger partial charge in [-0.1, -0.05) is 12.1 Å². The van der Waals surface area contributed by atoms with Crippen LogP contribution in [0.4, 0.5) is 0 Å². The highest BCUT2D eigenvalue weighted by molar-refractivity contribution is 5.97. The molecule has 10 aliphatic rings. The van der Waals surface area contributed by atoms with E-state index in [4.69, 9.17) is 19.7 Å². The first-order chi connectivity index (χ1) is 24.2. The maximum absolute atomic E-state index is 12.9. The summed E-state index contributed by atoms with van der Waals surface area (Å²) in [5.74, 6) is 2.72. The van der Waals surface area contributed by atoms with Gasteiger partial charge in [0.05, 0.1) is 33.5 Å². The molecule has 262 valence electrons. The molecule has 12 rings (SSSR count). The van der Waals surface area contributed by atoms with Gasteiger partial charge in [-0.15, -0.1) is 0 Å². The molecule has 4 heterocycles. The van der Waals surface area contributed by atoms with Crippen molar-refractivity contribution in [3.8, 4) is 23.0 Å². The number of likely N-dealkylation sites (tertiary alicyclic amines) is 2. The Hall–Kier alpha value is -3.18. The van der Waals surface area contributed by atoms with Gasteiger partial charge in [0.2, 0.25) is 0 Å². The zero-order valence-corrected chi connectivity index (χ0v) is 28.5. The maximum Gasteiger partial charge on any atom is 0.166 e. The molecule has 0 aromatic heterocycles.